The molecule has 2 saturated heterocycles. The second-order valence-electron chi connectivity index (χ2n) is 7.86. The van der Waals surface area contributed by atoms with E-state index in [0.717, 1.165) is 13.1 Å². The van der Waals surface area contributed by atoms with Gasteiger partial charge in [-0.25, -0.2) is 0 Å². The number of rotatable bonds is 5. The average molecular weight is 396 g/mol. The van der Waals surface area contributed by atoms with E-state index in [2.05, 4.69) is 29.2 Å². The van der Waals surface area contributed by atoms with Crippen molar-refractivity contribution in [3.05, 3.63) is 60.1 Å². The van der Waals surface area contributed by atoms with E-state index in [4.69, 9.17) is 10.2 Å². The van der Waals surface area contributed by atoms with Gasteiger partial charge in [0.25, 0.3) is 5.91 Å². The second-order valence-corrected chi connectivity index (χ2v) is 7.86. The summed E-state index contributed by atoms with van der Waals surface area (Å²) in [6, 6.07) is 13.8. The number of hydrogen-bond donors (Lipinski definition) is 1. The Kier molecular flexibility index (Phi) is 5.97. The van der Waals surface area contributed by atoms with Gasteiger partial charge < -0.3 is 20.0 Å². The van der Waals surface area contributed by atoms with Crippen molar-refractivity contribution < 1.29 is 14.0 Å². The van der Waals surface area contributed by atoms with E-state index in [9.17, 15) is 9.59 Å². The topological polar surface area (TPSA) is 83.0 Å². The summed E-state index contributed by atoms with van der Waals surface area (Å²) >= 11 is 0. The van der Waals surface area contributed by atoms with Crippen LogP contribution in [0.4, 0.5) is 0 Å². The van der Waals surface area contributed by atoms with Crippen molar-refractivity contribution in [1.82, 2.24) is 14.7 Å². The molecule has 2 aliphatic rings. The highest BCUT2D eigenvalue weighted by Crippen LogP contribution is 2.31. The molecule has 2 N–H and O–H groups in total. The van der Waals surface area contributed by atoms with Crippen molar-refractivity contribution in [2.75, 3.05) is 52.4 Å². The first-order valence-corrected chi connectivity index (χ1v) is 10.2. The minimum atomic E-state index is -0.113. The lowest BCUT2D eigenvalue weighted by Crippen LogP contribution is -2.52. The molecule has 154 valence electrons. The molecule has 1 aromatic carbocycles. The van der Waals surface area contributed by atoms with Crippen LogP contribution in [-0.2, 0) is 4.79 Å². The van der Waals surface area contributed by atoms with Crippen LogP contribution in [0.1, 0.15) is 22.0 Å². The van der Waals surface area contributed by atoms with E-state index < -0.39 is 0 Å². The molecular weight excluding hydrogens is 368 g/mol. The lowest BCUT2D eigenvalue weighted by atomic mass is 9.89. The summed E-state index contributed by atoms with van der Waals surface area (Å²) in [4.78, 5) is 31.0. The molecule has 0 spiro atoms. The molecule has 3 heterocycles. The van der Waals surface area contributed by atoms with Crippen LogP contribution in [0.25, 0.3) is 0 Å². The van der Waals surface area contributed by atoms with Crippen molar-refractivity contribution in [2.24, 2.45) is 11.7 Å². The molecule has 1 aromatic heterocycles. The van der Waals surface area contributed by atoms with Crippen LogP contribution in [0.15, 0.2) is 53.1 Å². The van der Waals surface area contributed by atoms with Gasteiger partial charge >= 0.3 is 0 Å². The third kappa shape index (κ3) is 4.36. The zero-order valence-corrected chi connectivity index (χ0v) is 16.6. The summed E-state index contributed by atoms with van der Waals surface area (Å²) in [6.45, 7) is 4.91. The van der Waals surface area contributed by atoms with Crippen LogP contribution in [0.3, 0.4) is 0 Å². The van der Waals surface area contributed by atoms with Gasteiger partial charge in [0.05, 0.1) is 12.8 Å². The molecule has 0 radical (unpaired) electrons. The fourth-order valence-electron chi connectivity index (χ4n) is 4.41. The predicted octanol–water partition coefficient (Wildman–Crippen LogP) is 1.24. The van der Waals surface area contributed by atoms with Crippen LogP contribution in [0.5, 0.6) is 0 Å². The Balaban J connectivity index is 1.29. The van der Waals surface area contributed by atoms with E-state index in [1.54, 1.807) is 17.0 Å². The number of hydrogen-bond acceptors (Lipinski definition) is 5. The number of furan rings is 1. The van der Waals surface area contributed by atoms with Gasteiger partial charge in [-0.2, -0.15) is 0 Å². The summed E-state index contributed by atoms with van der Waals surface area (Å²) < 4.78 is 5.19. The van der Waals surface area contributed by atoms with Gasteiger partial charge in [-0.15, -0.1) is 0 Å². The molecule has 0 bridgehead atoms. The highest BCUT2D eigenvalue weighted by molar-refractivity contribution is 5.91. The largest absolute Gasteiger partial charge is 0.459 e. The third-order valence-electron chi connectivity index (χ3n) is 6.06. The maximum absolute atomic E-state index is 12.8. The Hall–Kier alpha value is -2.64. The number of carbonyl (C=O) groups is 2. The van der Waals surface area contributed by atoms with E-state index in [0.29, 0.717) is 56.9 Å². The number of amides is 2. The fourth-order valence-corrected chi connectivity index (χ4v) is 4.41. The summed E-state index contributed by atoms with van der Waals surface area (Å²) in [5.74, 6) is 1.10. The SMILES string of the molecule is NC[C@@H]1CN(CC(=O)N2CCN(C(=O)c3ccco3)CC2)C[C@H]1c1ccccc1. The smallest absolute Gasteiger partial charge is 0.289 e. The fraction of sp³-hybridized carbons (Fsp3) is 0.455. The first-order chi connectivity index (χ1) is 14.2. The monoisotopic (exact) mass is 396 g/mol. The van der Waals surface area contributed by atoms with Crippen LogP contribution < -0.4 is 5.73 Å². The normalized spacial score (nSPS) is 22.8. The maximum atomic E-state index is 12.8. The molecule has 2 atom stereocenters. The molecular formula is C22H28N4O3. The van der Waals surface area contributed by atoms with Crippen LogP contribution >= 0.6 is 0 Å². The Morgan fingerprint density at radius 1 is 0.966 bits per heavy atom. The van der Waals surface area contributed by atoms with Gasteiger partial charge in [-0.05, 0) is 30.2 Å². The molecule has 2 fully saturated rings. The van der Waals surface area contributed by atoms with Crippen LogP contribution in [0.2, 0.25) is 0 Å². The summed E-state index contributed by atoms with van der Waals surface area (Å²) in [6.07, 6.45) is 1.50. The zero-order valence-electron chi connectivity index (χ0n) is 16.6. The molecule has 2 amide bonds. The Morgan fingerprint density at radius 2 is 1.69 bits per heavy atom. The van der Waals surface area contributed by atoms with E-state index in [-0.39, 0.29) is 11.8 Å². The highest BCUT2D eigenvalue weighted by Gasteiger charge is 2.35. The molecule has 4 rings (SSSR count). The molecule has 0 aliphatic carbocycles. The van der Waals surface area contributed by atoms with E-state index in [1.165, 1.54) is 11.8 Å². The van der Waals surface area contributed by atoms with Gasteiger partial charge in [-0.3, -0.25) is 14.5 Å². The van der Waals surface area contributed by atoms with Gasteiger partial charge in [0, 0.05) is 45.2 Å². The zero-order chi connectivity index (χ0) is 20.2. The standard InChI is InChI=1S/C22H28N4O3/c23-13-18-14-24(15-19(18)17-5-2-1-3-6-17)16-21(27)25-8-10-26(11-9-25)22(28)20-7-4-12-29-20/h1-7,12,18-19H,8-11,13-16,23H2/t18-,19+/m1/s1. The van der Waals surface area contributed by atoms with Crippen molar-refractivity contribution in [1.29, 1.82) is 0 Å². The summed E-state index contributed by atoms with van der Waals surface area (Å²) in [7, 11) is 0. The van der Waals surface area contributed by atoms with Crippen LogP contribution in [0, 0.1) is 5.92 Å². The minimum absolute atomic E-state index is 0.113. The minimum Gasteiger partial charge on any atom is -0.459 e. The number of nitrogens with two attached hydrogens (primary N) is 1. The first-order valence-electron chi connectivity index (χ1n) is 10.2. The van der Waals surface area contributed by atoms with Crippen molar-refractivity contribution in [2.45, 2.75) is 5.92 Å². The van der Waals surface area contributed by atoms with Crippen molar-refractivity contribution in [3.8, 4) is 0 Å². The van der Waals surface area contributed by atoms with Gasteiger partial charge in [0.15, 0.2) is 5.76 Å². The quantitative estimate of drug-likeness (QED) is 0.822. The Morgan fingerprint density at radius 3 is 2.34 bits per heavy atom. The third-order valence-corrected chi connectivity index (χ3v) is 6.06. The van der Waals surface area contributed by atoms with Gasteiger partial charge in [-0.1, -0.05) is 30.3 Å². The number of likely N-dealkylation sites (tertiary alicyclic amines) is 1. The maximum Gasteiger partial charge on any atom is 0.289 e. The van der Waals surface area contributed by atoms with E-state index in [1.807, 2.05) is 11.0 Å². The van der Waals surface area contributed by atoms with Gasteiger partial charge in [0.1, 0.15) is 0 Å². The summed E-state index contributed by atoms with van der Waals surface area (Å²) in [5.41, 5.74) is 7.31. The summed E-state index contributed by atoms with van der Waals surface area (Å²) in [5, 5.41) is 0. The first kappa shape index (κ1) is 19.7. The van der Waals surface area contributed by atoms with Gasteiger partial charge in [0.2, 0.25) is 5.91 Å². The lowest BCUT2D eigenvalue weighted by molar-refractivity contribution is -0.133. The molecule has 0 unspecified atom stereocenters. The number of carbonyl (C=O) groups excluding carboxylic acids is 2. The van der Waals surface area contributed by atoms with Crippen molar-refractivity contribution in [3.63, 3.8) is 0 Å². The molecule has 7 nitrogen and oxygen atoms in total. The molecule has 0 saturated carbocycles. The highest BCUT2D eigenvalue weighted by atomic mass is 16.3. The Labute approximate surface area is 171 Å². The molecule has 29 heavy (non-hydrogen) atoms. The lowest BCUT2D eigenvalue weighted by Gasteiger charge is -2.35. The molecule has 2 aliphatic heterocycles. The molecule has 7 heteroatoms. The predicted molar refractivity (Wildman–Crippen MR) is 109 cm³/mol. The number of benzene rings is 1. The average Bonchev–Trinajstić information content (AvgIpc) is 3.44. The molecule has 2 aromatic rings. The number of piperazine rings is 1. The Bertz CT molecular complexity index is 816. The van der Waals surface area contributed by atoms with E-state index >= 15 is 0 Å². The number of nitrogens with zero attached hydrogens (tertiary/aromatic N) is 3. The second kappa shape index (κ2) is 8.80. The van der Waals surface area contributed by atoms with Crippen LogP contribution in [-0.4, -0.2) is 78.9 Å². The van der Waals surface area contributed by atoms with Crippen molar-refractivity contribution >= 4 is 11.8 Å².